The van der Waals surface area contributed by atoms with Gasteiger partial charge in [0.05, 0.1) is 0 Å². The Bertz CT molecular complexity index is 653. The van der Waals surface area contributed by atoms with E-state index in [1.54, 1.807) is 4.52 Å². The highest BCUT2D eigenvalue weighted by Gasteiger charge is 2.15. The van der Waals surface area contributed by atoms with E-state index in [-0.39, 0.29) is 0 Å². The molecular formula is C9H10N6OS. The van der Waals surface area contributed by atoms with Crippen LogP contribution in [0.25, 0.3) is 16.5 Å². The fourth-order valence-corrected chi connectivity index (χ4v) is 2.18. The first-order valence-electron chi connectivity index (χ1n) is 5.21. The van der Waals surface area contributed by atoms with Crippen molar-refractivity contribution in [3.63, 3.8) is 0 Å². The number of nitrogens with two attached hydrogens (primary N) is 1. The van der Waals surface area contributed by atoms with Gasteiger partial charge >= 0.3 is 0 Å². The van der Waals surface area contributed by atoms with Crippen LogP contribution in [-0.2, 0) is 6.42 Å². The number of hydrogen-bond donors (Lipinski definition) is 1. The third-order valence-electron chi connectivity index (χ3n) is 2.29. The Morgan fingerprint density at radius 1 is 1.47 bits per heavy atom. The van der Waals surface area contributed by atoms with Crippen molar-refractivity contribution < 1.29 is 4.52 Å². The molecule has 0 unspecified atom stereocenters. The van der Waals surface area contributed by atoms with Crippen LogP contribution in [0.3, 0.4) is 0 Å². The highest BCUT2D eigenvalue weighted by Crippen LogP contribution is 2.22. The van der Waals surface area contributed by atoms with E-state index in [0.717, 1.165) is 18.6 Å². The molecule has 0 aliphatic rings. The van der Waals surface area contributed by atoms with Crippen molar-refractivity contribution in [2.75, 3.05) is 5.73 Å². The summed E-state index contributed by atoms with van der Waals surface area (Å²) in [4.78, 5) is 0.651. The van der Waals surface area contributed by atoms with Crippen molar-refractivity contribution in [2.45, 2.75) is 19.8 Å². The molecule has 0 bridgehead atoms. The average molecular weight is 250 g/mol. The van der Waals surface area contributed by atoms with Gasteiger partial charge in [-0.2, -0.15) is 4.52 Å². The van der Waals surface area contributed by atoms with Crippen molar-refractivity contribution in [3.8, 4) is 11.5 Å². The van der Waals surface area contributed by atoms with Crippen molar-refractivity contribution in [1.29, 1.82) is 0 Å². The lowest BCUT2D eigenvalue weighted by Gasteiger charge is -1.87. The summed E-state index contributed by atoms with van der Waals surface area (Å²) < 4.78 is 6.77. The lowest BCUT2D eigenvalue weighted by molar-refractivity contribution is 0.384. The number of hydrogen-bond acceptors (Lipinski definition) is 7. The normalized spacial score (nSPS) is 11.4. The molecule has 0 aliphatic carbocycles. The van der Waals surface area contributed by atoms with Gasteiger partial charge in [-0.25, -0.2) is 0 Å². The zero-order valence-corrected chi connectivity index (χ0v) is 9.94. The number of nitrogen functional groups attached to an aromatic ring is 1. The quantitative estimate of drug-likeness (QED) is 0.754. The summed E-state index contributed by atoms with van der Waals surface area (Å²) in [5.74, 6) is 1.39. The molecule has 3 aromatic heterocycles. The van der Waals surface area contributed by atoms with E-state index in [1.165, 1.54) is 11.3 Å². The number of nitrogens with zero attached hydrogens (tertiary/aromatic N) is 5. The Morgan fingerprint density at radius 3 is 3.18 bits per heavy atom. The maximum atomic E-state index is 5.61. The first-order chi connectivity index (χ1) is 8.28. The van der Waals surface area contributed by atoms with Gasteiger partial charge in [-0.15, -0.1) is 15.3 Å². The lowest BCUT2D eigenvalue weighted by atomic mass is 10.2. The molecule has 0 aliphatic heterocycles. The third-order valence-corrected chi connectivity index (χ3v) is 3.02. The first-order valence-corrected chi connectivity index (χ1v) is 6.03. The summed E-state index contributed by atoms with van der Waals surface area (Å²) in [6.07, 6.45) is 1.86. The van der Waals surface area contributed by atoms with Gasteiger partial charge in [-0.1, -0.05) is 23.4 Å². The van der Waals surface area contributed by atoms with Crippen molar-refractivity contribution in [1.82, 2.24) is 25.0 Å². The topological polar surface area (TPSA) is 95.1 Å². The Morgan fingerprint density at radius 2 is 2.35 bits per heavy atom. The molecule has 0 amide bonds. The number of aromatic nitrogens is 5. The summed E-state index contributed by atoms with van der Waals surface area (Å²) >= 11 is 1.28. The summed E-state index contributed by atoms with van der Waals surface area (Å²) in [5, 5.41) is 16.5. The molecule has 0 aromatic carbocycles. The van der Waals surface area contributed by atoms with Crippen molar-refractivity contribution >= 4 is 21.4 Å². The summed E-state index contributed by atoms with van der Waals surface area (Å²) in [7, 11) is 0. The zero-order valence-electron chi connectivity index (χ0n) is 9.12. The molecule has 0 spiro atoms. The summed E-state index contributed by atoms with van der Waals surface area (Å²) in [5.41, 5.74) is 6.24. The minimum atomic E-state index is 0.452. The Balaban J connectivity index is 2.06. The van der Waals surface area contributed by atoms with E-state index in [2.05, 4.69) is 27.4 Å². The molecule has 88 valence electrons. The lowest BCUT2D eigenvalue weighted by Crippen LogP contribution is -1.92. The van der Waals surface area contributed by atoms with Crippen LogP contribution in [0, 0.1) is 0 Å². The fourth-order valence-electron chi connectivity index (χ4n) is 1.57. The van der Waals surface area contributed by atoms with Gasteiger partial charge in [0.15, 0.2) is 5.69 Å². The largest absolute Gasteiger partial charge is 0.374 e. The predicted molar refractivity (Wildman–Crippen MR) is 62.6 cm³/mol. The van der Waals surface area contributed by atoms with Crippen LogP contribution in [0.5, 0.6) is 0 Å². The minimum Gasteiger partial charge on any atom is -0.374 e. The predicted octanol–water partition coefficient (Wildman–Crippen LogP) is 1.38. The molecule has 3 heterocycles. The monoisotopic (exact) mass is 250 g/mol. The van der Waals surface area contributed by atoms with Gasteiger partial charge in [0.25, 0.3) is 0 Å². The first kappa shape index (κ1) is 10.2. The van der Waals surface area contributed by atoms with E-state index in [0.29, 0.717) is 21.6 Å². The van der Waals surface area contributed by atoms with Crippen LogP contribution in [0.1, 0.15) is 19.1 Å². The highest BCUT2D eigenvalue weighted by atomic mass is 32.1. The number of fused-ring (bicyclic) bond motifs is 1. The molecule has 8 heteroatoms. The maximum absolute atomic E-state index is 5.61. The second kappa shape index (κ2) is 3.81. The molecule has 0 saturated carbocycles. The molecule has 3 aromatic rings. The van der Waals surface area contributed by atoms with Crippen LogP contribution in [-0.4, -0.2) is 25.0 Å². The summed E-state index contributed by atoms with van der Waals surface area (Å²) in [6, 6.07) is 1.86. The average Bonchev–Trinajstić information content (AvgIpc) is 2.93. The number of rotatable bonds is 3. The standard InChI is InChI=1S/C9H10N6OS/c1-2-3-5-4-6(14-16-5)7-11-12-9-15(7)13-8(10)17-9/h4H,2-3H2,1H3,(H2,10,13). The molecule has 0 atom stereocenters. The van der Waals surface area contributed by atoms with Gasteiger partial charge < -0.3 is 10.3 Å². The van der Waals surface area contributed by atoms with Crippen LogP contribution in [0.15, 0.2) is 10.6 Å². The van der Waals surface area contributed by atoms with Gasteiger partial charge in [0.2, 0.25) is 15.9 Å². The van der Waals surface area contributed by atoms with E-state index < -0.39 is 0 Å². The number of aryl methyl sites for hydroxylation is 1. The number of anilines is 1. The molecule has 0 saturated heterocycles. The van der Waals surface area contributed by atoms with E-state index in [4.69, 9.17) is 10.3 Å². The Labute approximate surface area is 100 Å². The van der Waals surface area contributed by atoms with Gasteiger partial charge in [-0.3, -0.25) is 0 Å². The molecular weight excluding hydrogens is 240 g/mol. The van der Waals surface area contributed by atoms with E-state index >= 15 is 0 Å². The second-order valence-electron chi connectivity index (χ2n) is 3.59. The third kappa shape index (κ3) is 1.66. The molecule has 0 fully saturated rings. The van der Waals surface area contributed by atoms with E-state index in [9.17, 15) is 0 Å². The molecule has 17 heavy (non-hydrogen) atoms. The fraction of sp³-hybridized carbons (Fsp3) is 0.333. The molecule has 0 radical (unpaired) electrons. The van der Waals surface area contributed by atoms with Crippen LogP contribution < -0.4 is 5.73 Å². The smallest absolute Gasteiger partial charge is 0.236 e. The van der Waals surface area contributed by atoms with Crippen LogP contribution in [0.2, 0.25) is 0 Å². The van der Waals surface area contributed by atoms with Gasteiger partial charge in [0.1, 0.15) is 5.76 Å². The van der Waals surface area contributed by atoms with Crippen molar-refractivity contribution in [3.05, 3.63) is 11.8 Å². The molecule has 3 rings (SSSR count). The summed E-state index contributed by atoms with van der Waals surface area (Å²) in [6.45, 7) is 2.08. The highest BCUT2D eigenvalue weighted by molar-refractivity contribution is 7.20. The van der Waals surface area contributed by atoms with Gasteiger partial charge in [0, 0.05) is 12.5 Å². The van der Waals surface area contributed by atoms with Crippen LogP contribution in [0.4, 0.5) is 5.13 Å². The second-order valence-corrected chi connectivity index (χ2v) is 4.57. The van der Waals surface area contributed by atoms with Gasteiger partial charge in [-0.05, 0) is 6.42 Å². The maximum Gasteiger partial charge on any atom is 0.236 e. The van der Waals surface area contributed by atoms with Crippen LogP contribution >= 0.6 is 11.3 Å². The van der Waals surface area contributed by atoms with Crippen molar-refractivity contribution in [2.24, 2.45) is 0 Å². The van der Waals surface area contributed by atoms with E-state index in [1.807, 2.05) is 6.07 Å². The molecule has 7 nitrogen and oxygen atoms in total. The Kier molecular flexibility index (Phi) is 2.29. The minimum absolute atomic E-state index is 0.452. The Hall–Kier alpha value is -1.96. The zero-order chi connectivity index (χ0) is 11.8. The SMILES string of the molecule is CCCc1cc(-c2nnc3sc(N)nn23)no1. The molecule has 2 N–H and O–H groups in total.